The van der Waals surface area contributed by atoms with Crippen LogP contribution < -0.4 is 10.8 Å². The summed E-state index contributed by atoms with van der Waals surface area (Å²) in [4.78, 5) is 16.7. The summed E-state index contributed by atoms with van der Waals surface area (Å²) in [6.07, 6.45) is 4.70. The van der Waals surface area contributed by atoms with Crippen molar-refractivity contribution in [2.24, 2.45) is 0 Å². The van der Waals surface area contributed by atoms with Gasteiger partial charge in [0, 0.05) is 6.04 Å². The number of hydroxylamine groups is 1. The molecule has 0 radical (unpaired) electrons. The first-order chi connectivity index (χ1) is 6.97. The molecular formula is C11H22N2O2. The van der Waals surface area contributed by atoms with Crippen LogP contribution in [0, 0.1) is 0 Å². The van der Waals surface area contributed by atoms with Gasteiger partial charge in [0.05, 0.1) is 12.1 Å². The molecular weight excluding hydrogens is 192 g/mol. The minimum atomic E-state index is -0.256. The van der Waals surface area contributed by atoms with Gasteiger partial charge in [-0.15, -0.1) is 0 Å². The van der Waals surface area contributed by atoms with Gasteiger partial charge in [-0.2, -0.15) is 5.48 Å². The van der Waals surface area contributed by atoms with E-state index in [-0.39, 0.29) is 18.1 Å². The molecule has 4 heteroatoms. The molecule has 0 aromatic heterocycles. The van der Waals surface area contributed by atoms with E-state index in [4.69, 9.17) is 4.84 Å². The highest BCUT2D eigenvalue weighted by Crippen LogP contribution is 2.17. The molecule has 88 valence electrons. The van der Waals surface area contributed by atoms with Gasteiger partial charge >= 0.3 is 0 Å². The van der Waals surface area contributed by atoms with Crippen molar-refractivity contribution in [3.63, 3.8) is 0 Å². The molecule has 1 aliphatic rings. The van der Waals surface area contributed by atoms with Crippen LogP contribution in [0.25, 0.3) is 0 Å². The maximum atomic E-state index is 11.4. The van der Waals surface area contributed by atoms with Gasteiger partial charge in [0.15, 0.2) is 0 Å². The lowest BCUT2D eigenvalue weighted by Crippen LogP contribution is -2.41. The van der Waals surface area contributed by atoms with Gasteiger partial charge in [-0.25, -0.2) is 0 Å². The van der Waals surface area contributed by atoms with Gasteiger partial charge in [-0.3, -0.25) is 9.63 Å². The Kier molecular flexibility index (Phi) is 4.54. The van der Waals surface area contributed by atoms with Gasteiger partial charge < -0.3 is 5.32 Å². The van der Waals surface area contributed by atoms with Crippen molar-refractivity contribution < 1.29 is 9.63 Å². The Labute approximate surface area is 91.7 Å². The summed E-state index contributed by atoms with van der Waals surface area (Å²) in [5, 5.41) is 2.98. The first-order valence-electron chi connectivity index (χ1n) is 5.67. The molecule has 0 aromatic rings. The molecule has 1 saturated carbocycles. The fourth-order valence-corrected chi connectivity index (χ4v) is 1.67. The number of amides is 1. The summed E-state index contributed by atoms with van der Waals surface area (Å²) < 4.78 is 0. The summed E-state index contributed by atoms with van der Waals surface area (Å²) in [7, 11) is 0. The van der Waals surface area contributed by atoms with Crippen LogP contribution >= 0.6 is 0 Å². The van der Waals surface area contributed by atoms with E-state index < -0.39 is 0 Å². The smallest absolute Gasteiger partial charge is 0.236 e. The third-order valence-corrected chi connectivity index (χ3v) is 2.33. The molecule has 1 amide bonds. The van der Waals surface area contributed by atoms with E-state index >= 15 is 0 Å². The van der Waals surface area contributed by atoms with Gasteiger partial charge in [-0.05, 0) is 33.6 Å². The molecule has 15 heavy (non-hydrogen) atoms. The molecule has 1 fully saturated rings. The lowest BCUT2D eigenvalue weighted by molar-refractivity contribution is -0.127. The van der Waals surface area contributed by atoms with Crippen LogP contribution in [-0.2, 0) is 9.63 Å². The molecule has 0 atom stereocenters. The summed E-state index contributed by atoms with van der Waals surface area (Å²) in [5.74, 6) is 0.0196. The highest BCUT2D eigenvalue weighted by atomic mass is 16.7. The van der Waals surface area contributed by atoms with Crippen molar-refractivity contribution in [3.8, 4) is 0 Å². The SMILES string of the molecule is CC(C)(C)ONCC(=O)NC1CCCC1. The average Bonchev–Trinajstić information content (AvgIpc) is 2.54. The number of nitrogens with one attached hydrogen (secondary N) is 2. The third kappa shape index (κ3) is 5.74. The normalized spacial score (nSPS) is 18.1. The van der Waals surface area contributed by atoms with E-state index in [2.05, 4.69) is 10.8 Å². The first kappa shape index (κ1) is 12.5. The summed E-state index contributed by atoms with van der Waals surface area (Å²) >= 11 is 0. The van der Waals surface area contributed by atoms with Crippen LogP contribution in [0.3, 0.4) is 0 Å². The lowest BCUT2D eigenvalue weighted by atomic mass is 10.2. The molecule has 0 bridgehead atoms. The standard InChI is InChI=1S/C11H22N2O2/c1-11(2,3)15-12-8-10(14)13-9-6-4-5-7-9/h9,12H,4-8H2,1-3H3,(H,13,14). The van der Waals surface area contributed by atoms with Crippen molar-refractivity contribution in [2.75, 3.05) is 6.54 Å². The van der Waals surface area contributed by atoms with Crippen LogP contribution in [0.5, 0.6) is 0 Å². The number of hydrogen-bond donors (Lipinski definition) is 2. The van der Waals surface area contributed by atoms with Crippen molar-refractivity contribution in [3.05, 3.63) is 0 Å². The average molecular weight is 214 g/mol. The van der Waals surface area contributed by atoms with Crippen LogP contribution in [0.1, 0.15) is 46.5 Å². The highest BCUT2D eigenvalue weighted by Gasteiger charge is 2.17. The van der Waals surface area contributed by atoms with Crippen LogP contribution in [0.4, 0.5) is 0 Å². The van der Waals surface area contributed by atoms with Gasteiger partial charge in [0.25, 0.3) is 0 Å². The number of carbonyl (C=O) groups excluding carboxylic acids is 1. The number of carbonyl (C=O) groups is 1. The minimum Gasteiger partial charge on any atom is -0.352 e. The van der Waals surface area contributed by atoms with Crippen molar-refractivity contribution in [1.82, 2.24) is 10.8 Å². The maximum Gasteiger partial charge on any atom is 0.236 e. The van der Waals surface area contributed by atoms with E-state index in [0.717, 1.165) is 12.8 Å². The summed E-state index contributed by atoms with van der Waals surface area (Å²) in [5.41, 5.74) is 2.43. The van der Waals surface area contributed by atoms with Crippen molar-refractivity contribution >= 4 is 5.91 Å². The van der Waals surface area contributed by atoms with Crippen LogP contribution in [0.15, 0.2) is 0 Å². The summed E-state index contributed by atoms with van der Waals surface area (Å²) in [6, 6.07) is 0.383. The van der Waals surface area contributed by atoms with E-state index in [0.29, 0.717) is 6.04 Å². The third-order valence-electron chi connectivity index (χ3n) is 2.33. The van der Waals surface area contributed by atoms with Gasteiger partial charge in [-0.1, -0.05) is 12.8 Å². The van der Waals surface area contributed by atoms with Crippen molar-refractivity contribution in [1.29, 1.82) is 0 Å². The topological polar surface area (TPSA) is 50.4 Å². The Balaban J connectivity index is 2.08. The largest absolute Gasteiger partial charge is 0.352 e. The fourth-order valence-electron chi connectivity index (χ4n) is 1.67. The van der Waals surface area contributed by atoms with E-state index in [9.17, 15) is 4.79 Å². The van der Waals surface area contributed by atoms with Gasteiger partial charge in [0.2, 0.25) is 5.91 Å². The molecule has 0 heterocycles. The lowest BCUT2D eigenvalue weighted by Gasteiger charge is -2.19. The fraction of sp³-hybridized carbons (Fsp3) is 0.909. The maximum absolute atomic E-state index is 11.4. The molecule has 0 aromatic carbocycles. The molecule has 0 unspecified atom stereocenters. The predicted molar refractivity (Wildman–Crippen MR) is 59.2 cm³/mol. The Bertz CT molecular complexity index is 205. The zero-order valence-corrected chi connectivity index (χ0v) is 9.93. The molecule has 0 saturated heterocycles. The molecule has 2 N–H and O–H groups in total. The number of hydrogen-bond acceptors (Lipinski definition) is 3. The summed E-state index contributed by atoms with van der Waals surface area (Å²) in [6.45, 7) is 6.05. The Morgan fingerprint density at radius 1 is 1.33 bits per heavy atom. The molecule has 0 spiro atoms. The van der Waals surface area contributed by atoms with Crippen LogP contribution in [-0.4, -0.2) is 24.1 Å². The Morgan fingerprint density at radius 3 is 2.47 bits per heavy atom. The van der Waals surface area contributed by atoms with Gasteiger partial charge in [0.1, 0.15) is 0 Å². The predicted octanol–water partition coefficient (Wildman–Crippen LogP) is 1.36. The molecule has 4 nitrogen and oxygen atoms in total. The minimum absolute atomic E-state index is 0.0196. The zero-order chi connectivity index (χ0) is 11.3. The first-order valence-corrected chi connectivity index (χ1v) is 5.67. The number of rotatable bonds is 4. The van der Waals surface area contributed by atoms with E-state index in [1.165, 1.54) is 12.8 Å². The highest BCUT2D eigenvalue weighted by molar-refractivity contribution is 5.78. The second-order valence-electron chi connectivity index (χ2n) is 5.08. The molecule has 0 aliphatic heterocycles. The Hall–Kier alpha value is -0.610. The molecule has 1 aliphatic carbocycles. The molecule has 1 rings (SSSR count). The monoisotopic (exact) mass is 214 g/mol. The second kappa shape index (κ2) is 5.47. The van der Waals surface area contributed by atoms with E-state index in [1.807, 2.05) is 20.8 Å². The zero-order valence-electron chi connectivity index (χ0n) is 9.93. The second-order valence-corrected chi connectivity index (χ2v) is 5.08. The van der Waals surface area contributed by atoms with Crippen LogP contribution in [0.2, 0.25) is 0 Å². The van der Waals surface area contributed by atoms with Crippen molar-refractivity contribution in [2.45, 2.75) is 58.1 Å². The van der Waals surface area contributed by atoms with E-state index in [1.54, 1.807) is 0 Å². The quantitative estimate of drug-likeness (QED) is 0.695. The Morgan fingerprint density at radius 2 is 1.93 bits per heavy atom.